The topological polar surface area (TPSA) is 107 Å². The Bertz CT molecular complexity index is 1060. The van der Waals surface area contributed by atoms with Gasteiger partial charge in [0.1, 0.15) is 5.82 Å². The first kappa shape index (κ1) is 15.5. The van der Waals surface area contributed by atoms with Crippen molar-refractivity contribution >= 4 is 50.2 Å². The van der Waals surface area contributed by atoms with Crippen molar-refractivity contribution in [2.45, 2.75) is 6.42 Å². The largest absolute Gasteiger partial charge is 0.383 e. The number of aromatic nitrogens is 4. The summed E-state index contributed by atoms with van der Waals surface area (Å²) in [5, 5.41) is 4.14. The maximum absolute atomic E-state index is 5.84. The second kappa shape index (κ2) is 6.14. The number of thiophene rings is 1. The monoisotopic (exact) mass is 351 g/mol. The molecule has 126 valence electrons. The Kier molecular flexibility index (Phi) is 3.81. The third-order valence-electron chi connectivity index (χ3n) is 4.11. The molecule has 0 saturated carbocycles. The molecule has 0 radical (unpaired) electrons. The molecule has 0 aliphatic rings. The highest BCUT2D eigenvalue weighted by Gasteiger charge is 2.11. The highest BCUT2D eigenvalue weighted by molar-refractivity contribution is 7.17. The Hall–Kier alpha value is -3.00. The van der Waals surface area contributed by atoms with Gasteiger partial charge in [0.05, 0.1) is 5.39 Å². The summed E-state index contributed by atoms with van der Waals surface area (Å²) < 4.78 is 1.31. The lowest BCUT2D eigenvalue weighted by atomic mass is 10.1. The van der Waals surface area contributed by atoms with E-state index in [1.807, 2.05) is 11.9 Å². The van der Waals surface area contributed by atoms with Crippen molar-refractivity contribution in [3.8, 4) is 0 Å². The number of hydrogen-bond donors (Lipinski definition) is 2. The first-order valence-corrected chi connectivity index (χ1v) is 8.72. The number of nitrogen functional groups attached to an aromatic ring is 2. The first-order chi connectivity index (χ1) is 12.1. The van der Waals surface area contributed by atoms with Gasteiger partial charge in [0.2, 0.25) is 11.9 Å². The van der Waals surface area contributed by atoms with Gasteiger partial charge in [-0.2, -0.15) is 15.0 Å². The van der Waals surface area contributed by atoms with Gasteiger partial charge in [-0.1, -0.05) is 18.2 Å². The van der Waals surface area contributed by atoms with Crippen molar-refractivity contribution in [2.24, 2.45) is 0 Å². The third-order valence-corrected chi connectivity index (χ3v) is 5.12. The van der Waals surface area contributed by atoms with Crippen LogP contribution in [0.1, 0.15) is 5.56 Å². The Balaban J connectivity index is 1.56. The predicted molar refractivity (Wildman–Crippen MR) is 103 cm³/mol. The lowest BCUT2D eigenvalue weighted by Crippen LogP contribution is -2.22. The van der Waals surface area contributed by atoms with Crippen LogP contribution in [0.4, 0.5) is 17.7 Å². The lowest BCUT2D eigenvalue weighted by Gasteiger charge is -2.17. The normalized spacial score (nSPS) is 11.2. The number of fused-ring (bicyclic) bond motifs is 2. The van der Waals surface area contributed by atoms with Crippen molar-refractivity contribution in [3.63, 3.8) is 0 Å². The molecule has 0 fully saturated rings. The van der Waals surface area contributed by atoms with Gasteiger partial charge in [0.25, 0.3) is 0 Å². The Labute approximate surface area is 148 Å². The molecule has 0 spiro atoms. The van der Waals surface area contributed by atoms with Gasteiger partial charge >= 0.3 is 0 Å². The van der Waals surface area contributed by atoms with Gasteiger partial charge in [-0.3, -0.25) is 0 Å². The summed E-state index contributed by atoms with van der Waals surface area (Å²) in [6, 6.07) is 8.45. The number of hydrogen-bond acceptors (Lipinski definition) is 8. The molecule has 0 bridgehead atoms. The van der Waals surface area contributed by atoms with E-state index in [2.05, 4.69) is 49.6 Å². The zero-order valence-corrected chi connectivity index (χ0v) is 14.5. The quantitative estimate of drug-likeness (QED) is 0.581. The van der Waals surface area contributed by atoms with E-state index in [9.17, 15) is 0 Å². The second-order valence-corrected chi connectivity index (χ2v) is 6.71. The number of benzene rings is 1. The van der Waals surface area contributed by atoms with Crippen LogP contribution >= 0.6 is 11.3 Å². The molecule has 4 N–H and O–H groups in total. The SMILES string of the molecule is CN(CCc1csc2ccccc12)c1ncc2c(N)nc(N)nc2n1. The molecule has 0 aliphatic carbocycles. The van der Waals surface area contributed by atoms with Crippen molar-refractivity contribution < 1.29 is 0 Å². The van der Waals surface area contributed by atoms with E-state index in [4.69, 9.17) is 11.5 Å². The minimum Gasteiger partial charge on any atom is -0.383 e. The molecule has 0 atom stereocenters. The van der Waals surface area contributed by atoms with Crippen LogP contribution in [0.5, 0.6) is 0 Å². The number of likely N-dealkylation sites (N-methyl/N-ethyl adjacent to an activating group) is 1. The second-order valence-electron chi connectivity index (χ2n) is 5.80. The number of nitrogens with two attached hydrogens (primary N) is 2. The molecule has 4 aromatic rings. The summed E-state index contributed by atoms with van der Waals surface area (Å²) in [6.45, 7) is 0.794. The van der Waals surface area contributed by atoms with Gasteiger partial charge in [-0.15, -0.1) is 11.3 Å². The van der Waals surface area contributed by atoms with Crippen LogP contribution < -0.4 is 16.4 Å². The predicted octanol–water partition coefficient (Wildman–Crippen LogP) is 2.48. The van der Waals surface area contributed by atoms with E-state index in [0.717, 1.165) is 13.0 Å². The molecule has 4 rings (SSSR count). The van der Waals surface area contributed by atoms with Crippen molar-refractivity contribution in [1.82, 2.24) is 19.9 Å². The van der Waals surface area contributed by atoms with Crippen molar-refractivity contribution in [3.05, 3.63) is 41.4 Å². The third kappa shape index (κ3) is 2.91. The molecule has 0 saturated heterocycles. The lowest BCUT2D eigenvalue weighted by molar-refractivity contribution is 0.845. The summed E-state index contributed by atoms with van der Waals surface area (Å²) >= 11 is 1.77. The van der Waals surface area contributed by atoms with Gasteiger partial charge in [-0.05, 0) is 28.8 Å². The summed E-state index contributed by atoms with van der Waals surface area (Å²) in [4.78, 5) is 18.9. The molecule has 3 aromatic heterocycles. The van der Waals surface area contributed by atoms with E-state index >= 15 is 0 Å². The molecule has 0 unspecified atom stereocenters. The van der Waals surface area contributed by atoms with Crippen LogP contribution in [0.2, 0.25) is 0 Å². The fourth-order valence-corrected chi connectivity index (χ4v) is 3.74. The van der Waals surface area contributed by atoms with Crippen LogP contribution in [0, 0.1) is 0 Å². The fourth-order valence-electron chi connectivity index (χ4n) is 2.75. The summed E-state index contributed by atoms with van der Waals surface area (Å²) in [5.41, 5.74) is 13.3. The van der Waals surface area contributed by atoms with Gasteiger partial charge in [0.15, 0.2) is 5.65 Å². The zero-order valence-electron chi connectivity index (χ0n) is 13.7. The average Bonchev–Trinajstić information content (AvgIpc) is 3.02. The molecule has 1 aromatic carbocycles. The van der Waals surface area contributed by atoms with Gasteiger partial charge in [-0.25, -0.2) is 4.98 Å². The highest BCUT2D eigenvalue weighted by atomic mass is 32.1. The minimum absolute atomic E-state index is 0.113. The maximum atomic E-state index is 5.84. The molecular formula is C17H17N7S. The Morgan fingerprint density at radius 2 is 1.92 bits per heavy atom. The van der Waals surface area contributed by atoms with Crippen molar-refractivity contribution in [1.29, 1.82) is 0 Å². The summed E-state index contributed by atoms with van der Waals surface area (Å²) in [7, 11) is 1.96. The van der Waals surface area contributed by atoms with Crippen LogP contribution in [0.3, 0.4) is 0 Å². The maximum Gasteiger partial charge on any atom is 0.227 e. The molecular weight excluding hydrogens is 334 g/mol. The molecule has 0 aliphatic heterocycles. The molecule has 3 heterocycles. The van der Waals surface area contributed by atoms with Crippen LogP contribution in [0.15, 0.2) is 35.8 Å². The standard InChI is InChI=1S/C17H17N7S/c1-24(7-6-10-9-25-13-5-3-2-4-11(10)13)17-20-8-12-14(18)21-16(19)22-15(12)23-17/h2-5,8-9H,6-7H2,1H3,(H4,18,19,20,21,22,23). The molecule has 8 heteroatoms. The fraction of sp³-hybridized carbons (Fsp3) is 0.176. The van der Waals surface area contributed by atoms with E-state index in [0.29, 0.717) is 22.8 Å². The first-order valence-electron chi connectivity index (χ1n) is 7.84. The van der Waals surface area contributed by atoms with Gasteiger partial charge in [0, 0.05) is 24.5 Å². The van der Waals surface area contributed by atoms with E-state index in [1.165, 1.54) is 15.6 Å². The zero-order chi connectivity index (χ0) is 17.4. The van der Waals surface area contributed by atoms with Crippen LogP contribution in [0.25, 0.3) is 21.1 Å². The number of rotatable bonds is 4. The van der Waals surface area contributed by atoms with Crippen LogP contribution in [-0.4, -0.2) is 33.5 Å². The molecule has 25 heavy (non-hydrogen) atoms. The average molecular weight is 351 g/mol. The summed E-state index contributed by atoms with van der Waals surface area (Å²) in [5.74, 6) is 0.994. The molecule has 7 nitrogen and oxygen atoms in total. The van der Waals surface area contributed by atoms with Crippen LogP contribution in [-0.2, 0) is 6.42 Å². The van der Waals surface area contributed by atoms with E-state index < -0.39 is 0 Å². The highest BCUT2D eigenvalue weighted by Crippen LogP contribution is 2.26. The molecule has 0 amide bonds. The van der Waals surface area contributed by atoms with E-state index in [1.54, 1.807) is 17.5 Å². The van der Waals surface area contributed by atoms with Gasteiger partial charge < -0.3 is 16.4 Å². The van der Waals surface area contributed by atoms with E-state index in [-0.39, 0.29) is 5.95 Å². The number of nitrogens with zero attached hydrogens (tertiary/aromatic N) is 5. The Morgan fingerprint density at radius 1 is 1.08 bits per heavy atom. The smallest absolute Gasteiger partial charge is 0.227 e. The van der Waals surface area contributed by atoms with Crippen molar-refractivity contribution in [2.75, 3.05) is 30.0 Å². The Morgan fingerprint density at radius 3 is 2.80 bits per heavy atom. The summed E-state index contributed by atoms with van der Waals surface area (Å²) in [6.07, 6.45) is 2.55. The minimum atomic E-state index is 0.113. The number of anilines is 3.